The molecule has 0 radical (unpaired) electrons. The van der Waals surface area contributed by atoms with Crippen molar-refractivity contribution in [2.24, 2.45) is 11.1 Å². The molecule has 1 aliphatic heterocycles. The van der Waals surface area contributed by atoms with Gasteiger partial charge in [0, 0.05) is 51.5 Å². The van der Waals surface area contributed by atoms with E-state index >= 15 is 0 Å². The minimum Gasteiger partial charge on any atom is -0.340 e. The normalized spacial score (nSPS) is 21.6. The summed E-state index contributed by atoms with van der Waals surface area (Å²) in [7, 11) is 0. The average Bonchev–Trinajstić information content (AvgIpc) is 2.64. The van der Waals surface area contributed by atoms with Crippen molar-refractivity contribution in [3.05, 3.63) is 30.1 Å². The fraction of sp³-hybridized carbons (Fsp3) is 0.684. The summed E-state index contributed by atoms with van der Waals surface area (Å²) < 4.78 is 0. The maximum atomic E-state index is 12.7. The van der Waals surface area contributed by atoms with E-state index in [4.69, 9.17) is 5.73 Å². The maximum absolute atomic E-state index is 12.7. The Hall–Kier alpha value is -1.46. The van der Waals surface area contributed by atoms with Gasteiger partial charge in [-0.15, -0.1) is 0 Å². The quantitative estimate of drug-likeness (QED) is 0.897. The lowest BCUT2D eigenvalue weighted by Gasteiger charge is -2.39. The zero-order chi connectivity index (χ0) is 16.8. The van der Waals surface area contributed by atoms with Crippen molar-refractivity contribution in [1.29, 1.82) is 0 Å². The van der Waals surface area contributed by atoms with Crippen molar-refractivity contribution in [2.45, 2.75) is 45.1 Å². The lowest BCUT2D eigenvalue weighted by atomic mass is 9.71. The molecule has 1 saturated heterocycles. The molecule has 1 aromatic rings. The highest BCUT2D eigenvalue weighted by Gasteiger charge is 2.35. The number of aromatic nitrogens is 1. The molecule has 0 unspecified atom stereocenters. The van der Waals surface area contributed by atoms with Crippen LogP contribution in [-0.2, 0) is 11.3 Å². The van der Waals surface area contributed by atoms with E-state index < -0.39 is 0 Å². The second-order valence-electron chi connectivity index (χ2n) is 7.46. The zero-order valence-electron chi connectivity index (χ0n) is 14.6. The van der Waals surface area contributed by atoms with Crippen LogP contribution in [0.15, 0.2) is 24.5 Å². The fourth-order valence-corrected chi connectivity index (χ4v) is 4.09. The summed E-state index contributed by atoms with van der Waals surface area (Å²) in [5.41, 5.74) is 7.35. The lowest BCUT2D eigenvalue weighted by molar-refractivity contribution is -0.136. The van der Waals surface area contributed by atoms with Crippen LogP contribution in [0.1, 0.15) is 44.1 Å². The number of hydrogen-bond acceptors (Lipinski definition) is 4. The molecular weight excluding hydrogens is 300 g/mol. The van der Waals surface area contributed by atoms with E-state index in [0.29, 0.717) is 18.9 Å². The molecule has 5 heteroatoms. The number of amides is 1. The van der Waals surface area contributed by atoms with Crippen LogP contribution in [0.5, 0.6) is 0 Å². The summed E-state index contributed by atoms with van der Waals surface area (Å²) >= 11 is 0. The number of hydrogen-bond donors (Lipinski definition) is 1. The zero-order valence-corrected chi connectivity index (χ0v) is 14.6. The first-order valence-corrected chi connectivity index (χ1v) is 9.30. The summed E-state index contributed by atoms with van der Waals surface area (Å²) in [6.45, 7) is 5.12. The van der Waals surface area contributed by atoms with Gasteiger partial charge in [-0.25, -0.2) is 0 Å². The molecular formula is C19H30N4O. The van der Waals surface area contributed by atoms with Crippen molar-refractivity contribution < 1.29 is 4.79 Å². The van der Waals surface area contributed by atoms with Gasteiger partial charge < -0.3 is 10.6 Å². The van der Waals surface area contributed by atoms with Gasteiger partial charge in [0.05, 0.1) is 0 Å². The molecule has 24 heavy (non-hydrogen) atoms. The van der Waals surface area contributed by atoms with Crippen molar-refractivity contribution >= 4 is 5.91 Å². The molecule has 2 N–H and O–H groups in total. The van der Waals surface area contributed by atoms with Crippen molar-refractivity contribution in [1.82, 2.24) is 14.8 Å². The highest BCUT2D eigenvalue weighted by molar-refractivity contribution is 5.77. The van der Waals surface area contributed by atoms with E-state index in [9.17, 15) is 4.79 Å². The Kier molecular flexibility index (Phi) is 5.85. The van der Waals surface area contributed by atoms with Gasteiger partial charge in [-0.2, -0.15) is 0 Å². The molecule has 2 fully saturated rings. The van der Waals surface area contributed by atoms with E-state index in [1.807, 2.05) is 17.2 Å². The minimum absolute atomic E-state index is 0.0716. The Morgan fingerprint density at radius 2 is 1.92 bits per heavy atom. The van der Waals surface area contributed by atoms with Crippen LogP contribution in [0, 0.1) is 5.41 Å². The second-order valence-corrected chi connectivity index (χ2v) is 7.46. The molecule has 132 valence electrons. The monoisotopic (exact) mass is 330 g/mol. The van der Waals surface area contributed by atoms with Crippen LogP contribution < -0.4 is 5.73 Å². The van der Waals surface area contributed by atoms with Crippen LogP contribution >= 0.6 is 0 Å². The third-order valence-corrected chi connectivity index (χ3v) is 5.73. The smallest absolute Gasteiger partial charge is 0.223 e. The third kappa shape index (κ3) is 4.33. The molecule has 3 rings (SSSR count). The van der Waals surface area contributed by atoms with Crippen LogP contribution in [0.25, 0.3) is 0 Å². The topological polar surface area (TPSA) is 62.5 Å². The molecule has 0 bridgehead atoms. The van der Waals surface area contributed by atoms with Crippen LogP contribution in [-0.4, -0.2) is 53.4 Å². The fourth-order valence-electron chi connectivity index (χ4n) is 4.09. The molecule has 0 aromatic carbocycles. The van der Waals surface area contributed by atoms with Gasteiger partial charge in [-0.3, -0.25) is 14.7 Å². The summed E-state index contributed by atoms with van der Waals surface area (Å²) in [4.78, 5) is 21.4. The summed E-state index contributed by atoms with van der Waals surface area (Å²) in [5.74, 6) is 0.309. The highest BCUT2D eigenvalue weighted by atomic mass is 16.2. The maximum Gasteiger partial charge on any atom is 0.223 e. The second kappa shape index (κ2) is 8.08. The number of carbonyl (C=O) groups excluding carboxylic acids is 1. The molecule has 1 aromatic heterocycles. The number of piperazine rings is 1. The number of carbonyl (C=O) groups is 1. The van der Waals surface area contributed by atoms with Crippen molar-refractivity contribution in [3.8, 4) is 0 Å². The van der Waals surface area contributed by atoms with E-state index in [0.717, 1.165) is 45.6 Å². The van der Waals surface area contributed by atoms with Gasteiger partial charge in [-0.1, -0.05) is 25.3 Å². The van der Waals surface area contributed by atoms with E-state index in [2.05, 4.69) is 16.0 Å². The first-order chi connectivity index (χ1) is 11.7. The Labute approximate surface area is 145 Å². The first kappa shape index (κ1) is 17.4. The van der Waals surface area contributed by atoms with Gasteiger partial charge in [0.25, 0.3) is 0 Å². The SMILES string of the molecule is NCC1(CC(=O)N2CCN(Cc3cccnc3)CC2)CCCCC1. The Bertz CT molecular complexity index is 519. The van der Waals surface area contributed by atoms with Crippen LogP contribution in [0.2, 0.25) is 0 Å². The van der Waals surface area contributed by atoms with Gasteiger partial charge in [-0.05, 0) is 36.4 Å². The lowest BCUT2D eigenvalue weighted by Crippen LogP contribution is -2.50. The van der Waals surface area contributed by atoms with Crippen molar-refractivity contribution in [2.75, 3.05) is 32.7 Å². The van der Waals surface area contributed by atoms with Gasteiger partial charge in [0.2, 0.25) is 5.91 Å². The minimum atomic E-state index is 0.0716. The number of nitrogens with two attached hydrogens (primary N) is 1. The molecule has 2 aliphatic rings. The predicted octanol–water partition coefficient (Wildman–Crippen LogP) is 2.03. The molecule has 1 amide bonds. The highest BCUT2D eigenvalue weighted by Crippen LogP contribution is 2.38. The Balaban J connectivity index is 1.48. The number of pyridine rings is 1. The molecule has 5 nitrogen and oxygen atoms in total. The molecule has 1 saturated carbocycles. The molecule has 1 aliphatic carbocycles. The molecule has 0 spiro atoms. The van der Waals surface area contributed by atoms with Crippen LogP contribution in [0.4, 0.5) is 0 Å². The molecule has 0 atom stereocenters. The van der Waals surface area contributed by atoms with Crippen molar-refractivity contribution in [3.63, 3.8) is 0 Å². The van der Waals surface area contributed by atoms with Crippen LogP contribution in [0.3, 0.4) is 0 Å². The number of rotatable bonds is 5. The average molecular weight is 330 g/mol. The predicted molar refractivity (Wildman–Crippen MR) is 95.3 cm³/mol. The van der Waals surface area contributed by atoms with E-state index in [1.165, 1.54) is 24.8 Å². The van der Waals surface area contributed by atoms with E-state index in [-0.39, 0.29) is 5.41 Å². The molecule has 2 heterocycles. The van der Waals surface area contributed by atoms with Gasteiger partial charge in [0.15, 0.2) is 0 Å². The summed E-state index contributed by atoms with van der Waals surface area (Å²) in [6, 6.07) is 4.09. The summed E-state index contributed by atoms with van der Waals surface area (Å²) in [6.07, 6.45) is 10.4. The van der Waals surface area contributed by atoms with Gasteiger partial charge in [0.1, 0.15) is 0 Å². The summed E-state index contributed by atoms with van der Waals surface area (Å²) in [5, 5.41) is 0. The Morgan fingerprint density at radius 3 is 2.54 bits per heavy atom. The standard InChI is InChI=1S/C19H30N4O/c20-16-19(6-2-1-3-7-19)13-18(24)23-11-9-22(10-12-23)15-17-5-4-8-21-14-17/h4-5,8,14H,1-3,6-7,9-13,15-16,20H2. The largest absolute Gasteiger partial charge is 0.340 e. The van der Waals surface area contributed by atoms with Gasteiger partial charge >= 0.3 is 0 Å². The Morgan fingerprint density at radius 1 is 1.17 bits per heavy atom. The first-order valence-electron chi connectivity index (χ1n) is 9.30. The third-order valence-electron chi connectivity index (χ3n) is 5.73. The van der Waals surface area contributed by atoms with E-state index in [1.54, 1.807) is 6.20 Å². The number of nitrogens with zero attached hydrogens (tertiary/aromatic N) is 3.